The highest BCUT2D eigenvalue weighted by molar-refractivity contribution is 5.80. The van der Waals surface area contributed by atoms with Crippen LogP contribution in [0.25, 0.3) is 0 Å². The van der Waals surface area contributed by atoms with Gasteiger partial charge in [-0.15, -0.1) is 0 Å². The van der Waals surface area contributed by atoms with Crippen molar-refractivity contribution in [2.45, 2.75) is 110 Å². The van der Waals surface area contributed by atoms with Crippen molar-refractivity contribution in [2.75, 3.05) is 14.1 Å². The Hall–Kier alpha value is -3.54. The molecule has 4 rings (SSSR count). The van der Waals surface area contributed by atoms with E-state index in [-0.39, 0.29) is 12.3 Å². The van der Waals surface area contributed by atoms with Crippen molar-refractivity contribution in [2.24, 2.45) is 22.7 Å². The van der Waals surface area contributed by atoms with Crippen molar-refractivity contribution in [3.05, 3.63) is 59.2 Å². The predicted octanol–water partition coefficient (Wildman–Crippen LogP) is 4.07. The highest BCUT2D eigenvalue weighted by Crippen LogP contribution is 2.60. The molecule has 2 bridgehead atoms. The highest BCUT2D eigenvalue weighted by Gasteiger charge is 2.62. The van der Waals surface area contributed by atoms with Crippen molar-refractivity contribution in [3.63, 3.8) is 0 Å². The molecule has 2 saturated carbocycles. The van der Waals surface area contributed by atoms with Crippen LogP contribution in [-0.4, -0.2) is 89.7 Å². The molecule has 0 saturated heterocycles. The molecule has 0 aliphatic heterocycles. The van der Waals surface area contributed by atoms with E-state index in [9.17, 15) is 29.4 Å². The van der Waals surface area contributed by atoms with Crippen LogP contribution in [-0.2, 0) is 38.1 Å². The molecule has 1 aromatic carbocycles. The Morgan fingerprint density at radius 1 is 0.875 bits per heavy atom. The van der Waals surface area contributed by atoms with Crippen LogP contribution in [0, 0.1) is 22.7 Å². The number of hydrogen-bond donors (Lipinski definition) is 2. The Balaban J connectivity index is 1.76. The summed E-state index contributed by atoms with van der Waals surface area (Å²) in [5, 5.41) is 24.1. The van der Waals surface area contributed by atoms with E-state index in [1.165, 1.54) is 20.8 Å². The fourth-order valence-electron chi connectivity index (χ4n) is 8.44. The SMILES string of the molecule is C=C1[C@@H](OC(=O)[C@H](OC(C)=O)[C@@H](c2ccccc2)N(C)C)C[C@H](O)[C@]2(C)[C@@H]1C[C@@H]1C[C@H](OC(C)=O)C(C)=C([C@@H](OC(C)=O)[C@@H]2O)C1(C)C. The molecule has 1 aromatic rings. The van der Waals surface area contributed by atoms with Crippen LogP contribution in [0.4, 0.5) is 0 Å². The number of nitrogens with zero attached hydrogens (tertiary/aromatic N) is 1. The molecular formula is C37H51NO10. The number of carbonyl (C=O) groups is 4. The summed E-state index contributed by atoms with van der Waals surface area (Å²) in [4.78, 5) is 52.6. The molecule has 11 heteroatoms. The first-order valence-electron chi connectivity index (χ1n) is 16.5. The summed E-state index contributed by atoms with van der Waals surface area (Å²) < 4.78 is 23.3. The summed E-state index contributed by atoms with van der Waals surface area (Å²) in [6, 6.07) is 8.49. The molecular weight excluding hydrogens is 618 g/mol. The number of aliphatic hydroxyl groups is 2. The van der Waals surface area contributed by atoms with Gasteiger partial charge < -0.3 is 29.2 Å². The summed E-state index contributed by atoms with van der Waals surface area (Å²) in [6.45, 7) is 15.8. The Morgan fingerprint density at radius 2 is 1.48 bits per heavy atom. The fourth-order valence-corrected chi connectivity index (χ4v) is 8.44. The smallest absolute Gasteiger partial charge is 0.350 e. The average molecular weight is 670 g/mol. The van der Waals surface area contributed by atoms with Crippen molar-refractivity contribution < 1.29 is 48.3 Å². The number of rotatable bonds is 8. The third-order valence-corrected chi connectivity index (χ3v) is 11.0. The van der Waals surface area contributed by atoms with E-state index in [1.807, 2.05) is 51.1 Å². The standard InChI is InChI=1S/C37H51NO10/c1-19-26-16-25-17-27(45-21(3)39)20(2)30(36(25,6)7)32(46-22(4)40)34(43)37(26,8)29(42)18-28(19)48-35(44)33(47-23(5)41)31(38(9)10)24-14-12-11-13-15-24/h11-15,25-29,31-34,42-43H,1,16-18H2,2-10H3/t25-,26-,27+,28+,29+,31-,32-,33-,34+,37+/m1/s1. The maximum absolute atomic E-state index is 14.0. The first kappa shape index (κ1) is 37.3. The summed E-state index contributed by atoms with van der Waals surface area (Å²) >= 11 is 0. The van der Waals surface area contributed by atoms with Gasteiger partial charge in [0.1, 0.15) is 18.3 Å². The third kappa shape index (κ3) is 6.95. The van der Waals surface area contributed by atoms with Crippen LogP contribution in [0.15, 0.2) is 53.6 Å². The third-order valence-electron chi connectivity index (χ3n) is 11.0. The average Bonchev–Trinajstić information content (AvgIpc) is 2.98. The second-order valence-electron chi connectivity index (χ2n) is 14.6. The minimum atomic E-state index is -1.39. The van der Waals surface area contributed by atoms with E-state index in [2.05, 4.69) is 6.58 Å². The Labute approximate surface area is 283 Å². The minimum absolute atomic E-state index is 0.0889. The van der Waals surface area contributed by atoms with Crippen LogP contribution in [0.2, 0.25) is 0 Å². The number of likely N-dealkylation sites (N-methyl/N-ethyl adjacent to an activating group) is 1. The summed E-state index contributed by atoms with van der Waals surface area (Å²) in [6.07, 6.45) is -5.88. The molecule has 0 aromatic heterocycles. The Bertz CT molecular complexity index is 1450. The minimum Gasteiger partial charge on any atom is -0.458 e. The van der Waals surface area contributed by atoms with Gasteiger partial charge in [0.25, 0.3) is 0 Å². The number of benzene rings is 1. The first-order valence-corrected chi connectivity index (χ1v) is 16.5. The van der Waals surface area contributed by atoms with Gasteiger partial charge in [-0.1, -0.05) is 57.7 Å². The summed E-state index contributed by atoms with van der Waals surface area (Å²) in [5.41, 5.74) is 0.710. The first-order chi connectivity index (χ1) is 22.3. The molecule has 0 radical (unpaired) electrons. The van der Waals surface area contributed by atoms with Gasteiger partial charge in [0.05, 0.1) is 12.1 Å². The van der Waals surface area contributed by atoms with E-state index in [0.29, 0.717) is 29.6 Å². The number of aliphatic hydroxyl groups excluding tert-OH is 2. The van der Waals surface area contributed by atoms with Crippen LogP contribution >= 0.6 is 0 Å². The lowest BCUT2D eigenvalue weighted by atomic mass is 9.49. The van der Waals surface area contributed by atoms with Gasteiger partial charge in [0.15, 0.2) is 6.10 Å². The van der Waals surface area contributed by atoms with Crippen LogP contribution < -0.4 is 0 Å². The van der Waals surface area contributed by atoms with Crippen LogP contribution in [0.1, 0.15) is 79.3 Å². The number of carbonyl (C=O) groups excluding carboxylic acids is 4. The zero-order chi connectivity index (χ0) is 35.9. The van der Waals surface area contributed by atoms with Gasteiger partial charge in [0.2, 0.25) is 6.10 Å². The van der Waals surface area contributed by atoms with Crippen molar-refractivity contribution in [1.82, 2.24) is 4.90 Å². The fraction of sp³-hybridized carbons (Fsp3) is 0.622. The zero-order valence-corrected chi connectivity index (χ0v) is 29.5. The molecule has 11 nitrogen and oxygen atoms in total. The van der Waals surface area contributed by atoms with Crippen LogP contribution in [0.3, 0.4) is 0 Å². The highest BCUT2D eigenvalue weighted by atomic mass is 16.6. The number of hydrogen-bond acceptors (Lipinski definition) is 11. The van der Waals surface area contributed by atoms with E-state index >= 15 is 0 Å². The number of ether oxygens (including phenoxy) is 4. The second-order valence-corrected chi connectivity index (χ2v) is 14.6. The van der Waals surface area contributed by atoms with E-state index in [0.717, 1.165) is 5.56 Å². The van der Waals surface area contributed by atoms with Gasteiger partial charge in [0, 0.05) is 32.6 Å². The maximum Gasteiger partial charge on any atom is 0.350 e. The van der Waals surface area contributed by atoms with E-state index < -0.39 is 83.3 Å². The monoisotopic (exact) mass is 669 g/mol. The molecule has 2 N–H and O–H groups in total. The van der Waals surface area contributed by atoms with Crippen molar-refractivity contribution in [3.8, 4) is 0 Å². The molecule has 264 valence electrons. The Morgan fingerprint density at radius 3 is 2.02 bits per heavy atom. The molecule has 0 heterocycles. The van der Waals surface area contributed by atoms with Gasteiger partial charge in [-0.2, -0.15) is 0 Å². The predicted molar refractivity (Wildman–Crippen MR) is 176 cm³/mol. The normalized spacial score (nSPS) is 32.6. The van der Waals surface area contributed by atoms with Gasteiger partial charge >= 0.3 is 23.9 Å². The van der Waals surface area contributed by atoms with E-state index in [1.54, 1.807) is 25.9 Å². The lowest BCUT2D eigenvalue weighted by Gasteiger charge is -2.58. The topological polar surface area (TPSA) is 149 Å². The lowest BCUT2D eigenvalue weighted by molar-refractivity contribution is -0.194. The van der Waals surface area contributed by atoms with E-state index in [4.69, 9.17) is 18.9 Å². The molecule has 0 spiro atoms. The number of fused-ring (bicyclic) bond motifs is 3. The number of esters is 4. The molecule has 48 heavy (non-hydrogen) atoms. The molecule has 10 atom stereocenters. The van der Waals surface area contributed by atoms with Crippen molar-refractivity contribution in [1.29, 1.82) is 0 Å². The second kappa shape index (κ2) is 14.1. The molecule has 2 fully saturated rings. The zero-order valence-electron chi connectivity index (χ0n) is 29.5. The van der Waals surface area contributed by atoms with Gasteiger partial charge in [-0.3, -0.25) is 19.3 Å². The molecule has 0 unspecified atom stereocenters. The van der Waals surface area contributed by atoms with Crippen LogP contribution in [0.5, 0.6) is 0 Å². The lowest BCUT2D eigenvalue weighted by Crippen LogP contribution is -2.63. The van der Waals surface area contributed by atoms with Crippen molar-refractivity contribution >= 4 is 23.9 Å². The summed E-state index contributed by atoms with van der Waals surface area (Å²) in [7, 11) is 3.54. The van der Waals surface area contributed by atoms with Gasteiger partial charge in [-0.05, 0) is 73.4 Å². The quantitative estimate of drug-likeness (QED) is 0.234. The largest absolute Gasteiger partial charge is 0.458 e. The molecule has 0 amide bonds. The molecule has 3 aliphatic rings. The Kier molecular flexibility index (Phi) is 11.0. The summed E-state index contributed by atoms with van der Waals surface area (Å²) in [5.74, 6) is -3.30. The van der Waals surface area contributed by atoms with Gasteiger partial charge in [-0.25, -0.2) is 4.79 Å². The molecule has 3 aliphatic carbocycles. The maximum atomic E-state index is 14.0.